The molecule has 1 aromatic heterocycles. The van der Waals surface area contributed by atoms with E-state index in [1.807, 2.05) is 0 Å². The van der Waals surface area contributed by atoms with Crippen LogP contribution in [0.15, 0.2) is 12.3 Å². The van der Waals surface area contributed by atoms with Crippen molar-refractivity contribution in [3.8, 4) is 0 Å². The quantitative estimate of drug-likeness (QED) is 0.913. The second-order valence-electron chi connectivity index (χ2n) is 7.14. The Morgan fingerprint density at radius 2 is 1.95 bits per heavy atom. The van der Waals surface area contributed by atoms with Crippen molar-refractivity contribution in [3.05, 3.63) is 23.6 Å². The summed E-state index contributed by atoms with van der Waals surface area (Å²) in [5.74, 6) is 0.654. The summed E-state index contributed by atoms with van der Waals surface area (Å²) in [4.78, 5) is 6.61. The highest BCUT2D eigenvalue weighted by molar-refractivity contribution is 5.47. The molecule has 2 rings (SSSR count). The molecule has 1 fully saturated rings. The fourth-order valence-corrected chi connectivity index (χ4v) is 2.92. The number of aromatic nitrogens is 1. The molecule has 0 saturated heterocycles. The van der Waals surface area contributed by atoms with E-state index in [-0.39, 0.29) is 11.4 Å². The van der Waals surface area contributed by atoms with E-state index in [0.29, 0.717) is 12.6 Å². The van der Waals surface area contributed by atoms with E-state index < -0.39 is 0 Å². The van der Waals surface area contributed by atoms with Gasteiger partial charge in [0.05, 0.1) is 6.20 Å². The Morgan fingerprint density at radius 1 is 1.29 bits per heavy atom. The molecule has 4 heteroatoms. The third-order valence-electron chi connectivity index (χ3n) is 4.18. The van der Waals surface area contributed by atoms with E-state index in [2.05, 4.69) is 43.0 Å². The summed E-state index contributed by atoms with van der Waals surface area (Å²) in [6, 6.07) is 2.14. The molecule has 0 amide bonds. The molecule has 0 bridgehead atoms. The lowest BCUT2D eigenvalue weighted by Gasteiger charge is -2.33. The molecule has 0 spiro atoms. The van der Waals surface area contributed by atoms with E-state index in [9.17, 15) is 4.39 Å². The SMILES string of the molecule is CN(c1ncc(F)cc1CNC(C)(C)C)C1CCCCC1. The van der Waals surface area contributed by atoms with Gasteiger partial charge in [0.25, 0.3) is 0 Å². The summed E-state index contributed by atoms with van der Waals surface area (Å²) in [6.45, 7) is 6.99. The van der Waals surface area contributed by atoms with Gasteiger partial charge >= 0.3 is 0 Å². The van der Waals surface area contributed by atoms with E-state index >= 15 is 0 Å². The van der Waals surface area contributed by atoms with Crippen LogP contribution in [0.2, 0.25) is 0 Å². The number of hydrogen-bond donors (Lipinski definition) is 1. The fraction of sp³-hybridized carbons (Fsp3) is 0.706. The number of anilines is 1. The van der Waals surface area contributed by atoms with E-state index in [4.69, 9.17) is 0 Å². The third kappa shape index (κ3) is 4.67. The average Bonchev–Trinajstić information content (AvgIpc) is 2.45. The lowest BCUT2D eigenvalue weighted by atomic mass is 9.94. The lowest BCUT2D eigenvalue weighted by molar-refractivity contribution is 0.415. The van der Waals surface area contributed by atoms with Crippen molar-refractivity contribution >= 4 is 5.82 Å². The van der Waals surface area contributed by atoms with Crippen molar-refractivity contribution in [2.45, 2.75) is 71.0 Å². The summed E-state index contributed by atoms with van der Waals surface area (Å²) in [5, 5.41) is 3.43. The van der Waals surface area contributed by atoms with Crippen LogP contribution >= 0.6 is 0 Å². The molecule has 1 aliphatic carbocycles. The molecule has 1 N–H and O–H groups in total. The van der Waals surface area contributed by atoms with Gasteiger partial charge in [0.1, 0.15) is 11.6 Å². The first-order valence-electron chi connectivity index (χ1n) is 7.99. The minimum absolute atomic E-state index is 0.00694. The normalized spacial score (nSPS) is 17.0. The van der Waals surface area contributed by atoms with Crippen molar-refractivity contribution in [2.75, 3.05) is 11.9 Å². The van der Waals surface area contributed by atoms with Crippen LogP contribution in [-0.2, 0) is 6.54 Å². The fourth-order valence-electron chi connectivity index (χ4n) is 2.92. The van der Waals surface area contributed by atoms with Gasteiger partial charge in [0, 0.05) is 30.7 Å². The number of hydrogen-bond acceptors (Lipinski definition) is 3. The summed E-state index contributed by atoms with van der Waals surface area (Å²) in [7, 11) is 2.09. The largest absolute Gasteiger partial charge is 0.356 e. The zero-order valence-electron chi connectivity index (χ0n) is 13.7. The monoisotopic (exact) mass is 293 g/mol. The maximum Gasteiger partial charge on any atom is 0.141 e. The Hall–Kier alpha value is -1.16. The van der Waals surface area contributed by atoms with Gasteiger partial charge in [-0.15, -0.1) is 0 Å². The van der Waals surface area contributed by atoms with Crippen molar-refractivity contribution in [1.29, 1.82) is 0 Å². The lowest BCUT2D eigenvalue weighted by Crippen LogP contribution is -2.37. The molecule has 0 radical (unpaired) electrons. The van der Waals surface area contributed by atoms with Crippen LogP contribution in [0.25, 0.3) is 0 Å². The molecule has 1 aromatic rings. The van der Waals surface area contributed by atoms with Crippen LogP contribution in [0.1, 0.15) is 58.4 Å². The van der Waals surface area contributed by atoms with Crippen molar-refractivity contribution in [3.63, 3.8) is 0 Å². The van der Waals surface area contributed by atoms with Gasteiger partial charge in [-0.3, -0.25) is 0 Å². The molecule has 1 heterocycles. The van der Waals surface area contributed by atoms with E-state index in [1.165, 1.54) is 38.3 Å². The van der Waals surface area contributed by atoms with E-state index in [1.54, 1.807) is 6.07 Å². The highest BCUT2D eigenvalue weighted by atomic mass is 19.1. The van der Waals surface area contributed by atoms with Crippen LogP contribution in [-0.4, -0.2) is 23.6 Å². The van der Waals surface area contributed by atoms with Gasteiger partial charge in [0.15, 0.2) is 0 Å². The number of halogens is 1. The predicted octanol–water partition coefficient (Wildman–Crippen LogP) is 3.88. The van der Waals surface area contributed by atoms with Gasteiger partial charge in [-0.2, -0.15) is 0 Å². The number of nitrogens with zero attached hydrogens (tertiary/aromatic N) is 2. The average molecular weight is 293 g/mol. The second-order valence-corrected chi connectivity index (χ2v) is 7.14. The van der Waals surface area contributed by atoms with Crippen LogP contribution < -0.4 is 10.2 Å². The highest BCUT2D eigenvalue weighted by Crippen LogP contribution is 2.27. The van der Waals surface area contributed by atoms with Gasteiger partial charge < -0.3 is 10.2 Å². The van der Waals surface area contributed by atoms with Crippen LogP contribution in [0.5, 0.6) is 0 Å². The summed E-state index contributed by atoms with van der Waals surface area (Å²) >= 11 is 0. The molecule has 0 atom stereocenters. The molecule has 0 aliphatic heterocycles. The van der Waals surface area contributed by atoms with Crippen LogP contribution in [0.4, 0.5) is 10.2 Å². The van der Waals surface area contributed by atoms with Gasteiger partial charge in [0.2, 0.25) is 0 Å². The van der Waals surface area contributed by atoms with Crippen molar-refractivity contribution < 1.29 is 4.39 Å². The Morgan fingerprint density at radius 3 is 2.57 bits per heavy atom. The zero-order valence-corrected chi connectivity index (χ0v) is 13.7. The van der Waals surface area contributed by atoms with Crippen LogP contribution in [0.3, 0.4) is 0 Å². The number of pyridine rings is 1. The first-order valence-corrected chi connectivity index (χ1v) is 7.99. The Kier molecular flexibility index (Phi) is 5.20. The molecule has 0 unspecified atom stereocenters. The summed E-state index contributed by atoms with van der Waals surface area (Å²) < 4.78 is 13.6. The van der Waals surface area contributed by atoms with Crippen LogP contribution in [0, 0.1) is 5.82 Å². The first kappa shape index (κ1) is 16.2. The molecular weight excluding hydrogens is 265 g/mol. The Labute approximate surface area is 127 Å². The molecule has 1 saturated carbocycles. The summed E-state index contributed by atoms with van der Waals surface area (Å²) in [6.07, 6.45) is 7.65. The predicted molar refractivity (Wildman–Crippen MR) is 86.1 cm³/mol. The Bertz CT molecular complexity index is 462. The molecule has 1 aliphatic rings. The second kappa shape index (κ2) is 6.73. The first-order chi connectivity index (χ1) is 9.87. The summed E-state index contributed by atoms with van der Waals surface area (Å²) in [5.41, 5.74) is 0.950. The molecule has 118 valence electrons. The smallest absolute Gasteiger partial charge is 0.141 e. The minimum Gasteiger partial charge on any atom is -0.356 e. The molecule has 21 heavy (non-hydrogen) atoms. The maximum atomic E-state index is 13.6. The zero-order chi connectivity index (χ0) is 15.5. The number of rotatable bonds is 4. The van der Waals surface area contributed by atoms with E-state index in [0.717, 1.165) is 11.4 Å². The molecule has 3 nitrogen and oxygen atoms in total. The van der Waals surface area contributed by atoms with Crippen molar-refractivity contribution in [1.82, 2.24) is 10.3 Å². The molecular formula is C17H28FN3. The van der Waals surface area contributed by atoms with Gasteiger partial charge in [-0.1, -0.05) is 19.3 Å². The number of nitrogens with one attached hydrogen (secondary N) is 1. The van der Waals surface area contributed by atoms with Gasteiger partial charge in [-0.25, -0.2) is 9.37 Å². The third-order valence-corrected chi connectivity index (χ3v) is 4.18. The Balaban J connectivity index is 2.17. The van der Waals surface area contributed by atoms with Gasteiger partial charge in [-0.05, 0) is 39.7 Å². The topological polar surface area (TPSA) is 28.2 Å². The minimum atomic E-state index is -0.262. The maximum absolute atomic E-state index is 13.6. The molecule has 0 aromatic carbocycles. The van der Waals surface area contributed by atoms with Crippen molar-refractivity contribution in [2.24, 2.45) is 0 Å². The highest BCUT2D eigenvalue weighted by Gasteiger charge is 2.22. The standard InChI is InChI=1S/C17H28FN3/c1-17(2,3)20-11-13-10-14(18)12-19-16(13)21(4)15-8-6-5-7-9-15/h10,12,15,20H,5-9,11H2,1-4H3.